The van der Waals surface area contributed by atoms with E-state index in [1.165, 1.54) is 42.0 Å². The zero-order valence-corrected chi connectivity index (χ0v) is 12.6. The first-order valence-corrected chi connectivity index (χ1v) is 8.43. The van der Waals surface area contributed by atoms with Gasteiger partial charge in [0.2, 0.25) is 0 Å². The zero-order chi connectivity index (χ0) is 13.6. The second-order valence-corrected chi connectivity index (χ2v) is 6.40. The smallest absolute Gasteiger partial charge is 0.0399 e. The Morgan fingerprint density at radius 1 is 0.900 bits per heavy atom. The summed E-state index contributed by atoms with van der Waals surface area (Å²) < 4.78 is 0. The third-order valence-electron chi connectivity index (χ3n) is 3.83. The molecule has 0 unspecified atom stereocenters. The van der Waals surface area contributed by atoms with E-state index in [2.05, 4.69) is 59.5 Å². The minimum absolute atomic E-state index is 1.14. The molecule has 0 atom stereocenters. The SMILES string of the molecule is c1ccc(SCCN2CCCCc3ccccc32)cc1. The highest BCUT2D eigenvalue weighted by molar-refractivity contribution is 7.99. The maximum atomic E-state index is 2.57. The lowest BCUT2D eigenvalue weighted by Crippen LogP contribution is -2.26. The number of benzene rings is 2. The molecule has 1 aliphatic heterocycles. The second-order valence-electron chi connectivity index (χ2n) is 5.23. The van der Waals surface area contributed by atoms with Crippen LogP contribution in [-0.4, -0.2) is 18.8 Å². The zero-order valence-electron chi connectivity index (χ0n) is 11.8. The summed E-state index contributed by atoms with van der Waals surface area (Å²) in [7, 11) is 0. The molecule has 0 bridgehead atoms. The van der Waals surface area contributed by atoms with Gasteiger partial charge in [0.05, 0.1) is 0 Å². The summed E-state index contributed by atoms with van der Waals surface area (Å²) in [4.78, 5) is 3.94. The van der Waals surface area contributed by atoms with Crippen LogP contribution in [0.1, 0.15) is 18.4 Å². The number of nitrogens with zero attached hydrogens (tertiary/aromatic N) is 1. The topological polar surface area (TPSA) is 3.24 Å². The van der Waals surface area contributed by atoms with Crippen molar-refractivity contribution < 1.29 is 0 Å². The Kier molecular flexibility index (Phi) is 4.65. The second kappa shape index (κ2) is 6.85. The van der Waals surface area contributed by atoms with Crippen molar-refractivity contribution in [3.8, 4) is 0 Å². The van der Waals surface area contributed by atoms with Crippen LogP contribution >= 0.6 is 11.8 Å². The van der Waals surface area contributed by atoms with Crippen molar-refractivity contribution in [1.29, 1.82) is 0 Å². The van der Waals surface area contributed by atoms with E-state index in [4.69, 9.17) is 0 Å². The third kappa shape index (κ3) is 3.37. The van der Waals surface area contributed by atoms with Crippen molar-refractivity contribution in [2.75, 3.05) is 23.7 Å². The Bertz CT molecular complexity index is 538. The van der Waals surface area contributed by atoms with Crippen molar-refractivity contribution in [2.45, 2.75) is 24.2 Å². The van der Waals surface area contributed by atoms with Crippen LogP contribution < -0.4 is 4.90 Å². The van der Waals surface area contributed by atoms with E-state index < -0.39 is 0 Å². The minimum atomic E-state index is 1.14. The average Bonchev–Trinajstić information content (AvgIpc) is 2.71. The van der Waals surface area contributed by atoms with Gasteiger partial charge in [0.1, 0.15) is 0 Å². The number of hydrogen-bond donors (Lipinski definition) is 0. The molecule has 1 aliphatic rings. The van der Waals surface area contributed by atoms with E-state index in [9.17, 15) is 0 Å². The number of hydrogen-bond acceptors (Lipinski definition) is 2. The lowest BCUT2D eigenvalue weighted by atomic mass is 10.1. The van der Waals surface area contributed by atoms with E-state index in [1.54, 1.807) is 0 Å². The molecule has 0 saturated carbocycles. The monoisotopic (exact) mass is 283 g/mol. The molecule has 1 heterocycles. The van der Waals surface area contributed by atoms with Crippen LogP contribution in [0.25, 0.3) is 0 Å². The molecule has 0 saturated heterocycles. The van der Waals surface area contributed by atoms with Gasteiger partial charge in [-0.1, -0.05) is 36.4 Å². The van der Waals surface area contributed by atoms with Crippen molar-refractivity contribution in [3.63, 3.8) is 0 Å². The van der Waals surface area contributed by atoms with Crippen LogP contribution in [0.2, 0.25) is 0 Å². The Morgan fingerprint density at radius 3 is 2.60 bits per heavy atom. The van der Waals surface area contributed by atoms with Crippen LogP contribution in [0, 0.1) is 0 Å². The molecule has 0 radical (unpaired) electrons. The van der Waals surface area contributed by atoms with Crippen LogP contribution in [-0.2, 0) is 6.42 Å². The fraction of sp³-hybridized carbons (Fsp3) is 0.333. The van der Waals surface area contributed by atoms with E-state index in [0.717, 1.165) is 12.3 Å². The van der Waals surface area contributed by atoms with Gasteiger partial charge in [-0.2, -0.15) is 0 Å². The Balaban J connectivity index is 1.62. The predicted octanol–water partition coefficient (Wildman–Crippen LogP) is 4.62. The molecule has 20 heavy (non-hydrogen) atoms. The first kappa shape index (κ1) is 13.6. The maximum absolute atomic E-state index is 2.57. The molecule has 0 fully saturated rings. The molecular weight excluding hydrogens is 262 g/mol. The summed E-state index contributed by atoms with van der Waals surface area (Å²) in [5.74, 6) is 1.15. The number of fused-ring (bicyclic) bond motifs is 1. The largest absolute Gasteiger partial charge is 0.370 e. The molecule has 2 aromatic carbocycles. The van der Waals surface area contributed by atoms with Crippen LogP contribution in [0.5, 0.6) is 0 Å². The van der Waals surface area contributed by atoms with Gasteiger partial charge in [0.15, 0.2) is 0 Å². The van der Waals surface area contributed by atoms with E-state index >= 15 is 0 Å². The molecule has 3 rings (SSSR count). The number of rotatable bonds is 4. The van der Waals surface area contributed by atoms with Crippen LogP contribution in [0.15, 0.2) is 59.5 Å². The van der Waals surface area contributed by atoms with Gasteiger partial charge in [0, 0.05) is 29.4 Å². The molecule has 0 amide bonds. The Morgan fingerprint density at radius 2 is 1.70 bits per heavy atom. The van der Waals surface area contributed by atoms with Crippen LogP contribution in [0.3, 0.4) is 0 Å². The molecule has 0 spiro atoms. The molecule has 0 N–H and O–H groups in total. The summed E-state index contributed by atoms with van der Waals surface area (Å²) in [6.07, 6.45) is 3.86. The van der Waals surface area contributed by atoms with Crippen molar-refractivity contribution in [3.05, 3.63) is 60.2 Å². The van der Waals surface area contributed by atoms with Crippen molar-refractivity contribution >= 4 is 17.4 Å². The lowest BCUT2D eigenvalue weighted by Gasteiger charge is -2.24. The molecular formula is C18H21NS. The first-order valence-electron chi connectivity index (χ1n) is 7.44. The highest BCUT2D eigenvalue weighted by Gasteiger charge is 2.14. The Hall–Kier alpha value is -1.41. The number of anilines is 1. The number of para-hydroxylation sites is 1. The van der Waals surface area contributed by atoms with Gasteiger partial charge < -0.3 is 4.90 Å². The van der Waals surface area contributed by atoms with E-state index in [0.29, 0.717) is 0 Å². The van der Waals surface area contributed by atoms with Crippen molar-refractivity contribution in [2.24, 2.45) is 0 Å². The van der Waals surface area contributed by atoms with Gasteiger partial charge in [-0.3, -0.25) is 0 Å². The molecule has 1 nitrogen and oxygen atoms in total. The number of thioether (sulfide) groups is 1. The lowest BCUT2D eigenvalue weighted by molar-refractivity contribution is 0.728. The fourth-order valence-corrected chi connectivity index (χ4v) is 3.69. The summed E-state index contributed by atoms with van der Waals surface area (Å²) >= 11 is 1.95. The van der Waals surface area contributed by atoms with Gasteiger partial charge in [-0.25, -0.2) is 0 Å². The van der Waals surface area contributed by atoms with Crippen molar-refractivity contribution in [1.82, 2.24) is 0 Å². The molecule has 104 valence electrons. The average molecular weight is 283 g/mol. The van der Waals surface area contributed by atoms with Gasteiger partial charge >= 0.3 is 0 Å². The van der Waals surface area contributed by atoms with Gasteiger partial charge in [-0.15, -0.1) is 11.8 Å². The molecule has 2 heteroatoms. The molecule has 0 aliphatic carbocycles. The maximum Gasteiger partial charge on any atom is 0.0399 e. The highest BCUT2D eigenvalue weighted by atomic mass is 32.2. The summed E-state index contributed by atoms with van der Waals surface area (Å²) in [6.45, 7) is 2.34. The fourth-order valence-electron chi connectivity index (χ4n) is 2.79. The van der Waals surface area contributed by atoms with Gasteiger partial charge in [-0.05, 0) is 43.0 Å². The van der Waals surface area contributed by atoms with Crippen LogP contribution in [0.4, 0.5) is 5.69 Å². The molecule has 2 aromatic rings. The quantitative estimate of drug-likeness (QED) is 0.753. The highest BCUT2D eigenvalue weighted by Crippen LogP contribution is 2.27. The minimum Gasteiger partial charge on any atom is -0.370 e. The summed E-state index contributed by atoms with van der Waals surface area (Å²) in [5.41, 5.74) is 2.98. The third-order valence-corrected chi connectivity index (χ3v) is 4.82. The summed E-state index contributed by atoms with van der Waals surface area (Å²) in [6, 6.07) is 19.6. The molecule has 0 aromatic heterocycles. The van der Waals surface area contributed by atoms with E-state index in [1.807, 2.05) is 11.8 Å². The Labute approximate surface area is 126 Å². The normalized spacial score (nSPS) is 14.7. The predicted molar refractivity (Wildman–Crippen MR) is 88.8 cm³/mol. The standard InChI is InChI=1S/C18H21NS/c1-2-10-17(11-3-1)20-15-14-19-13-7-6-9-16-8-4-5-12-18(16)19/h1-5,8,10-12H,6-7,9,13-15H2. The van der Waals surface area contributed by atoms with Gasteiger partial charge in [0.25, 0.3) is 0 Å². The van der Waals surface area contributed by atoms with E-state index in [-0.39, 0.29) is 0 Å². The number of aryl methyl sites for hydroxylation is 1. The summed E-state index contributed by atoms with van der Waals surface area (Å²) in [5, 5.41) is 0. The first-order chi connectivity index (χ1) is 9.93.